The first kappa shape index (κ1) is 35.6. The first-order valence-electron chi connectivity index (χ1n) is 14.3. The third kappa shape index (κ3) is 6.78. The minimum atomic E-state index is -4.92. The van der Waals surface area contributed by atoms with Crippen molar-refractivity contribution in [2.75, 3.05) is 6.26 Å². The van der Waals surface area contributed by atoms with Crippen LogP contribution < -0.4 is 4.74 Å². The molecule has 5 aromatic rings. The quantitative estimate of drug-likeness (QED) is 0.176. The van der Waals surface area contributed by atoms with Crippen molar-refractivity contribution in [1.29, 1.82) is 0 Å². The van der Waals surface area contributed by atoms with Crippen molar-refractivity contribution in [2.24, 2.45) is 7.05 Å². The van der Waals surface area contributed by atoms with Gasteiger partial charge in [0.25, 0.3) is 0 Å². The number of benzene rings is 3. The van der Waals surface area contributed by atoms with Gasteiger partial charge in [-0.2, -0.15) is 13.9 Å². The van der Waals surface area contributed by atoms with Crippen LogP contribution in [-0.2, 0) is 29.4 Å². The molecule has 0 aliphatic rings. The number of aliphatic hydroxyl groups is 2. The Bertz CT molecular complexity index is 2150. The summed E-state index contributed by atoms with van der Waals surface area (Å²) < 4.78 is 116. The molecule has 0 amide bonds. The summed E-state index contributed by atoms with van der Waals surface area (Å²) in [6.45, 7) is 2.39. The van der Waals surface area contributed by atoms with E-state index in [-0.39, 0.29) is 39.3 Å². The van der Waals surface area contributed by atoms with E-state index < -0.39 is 62.0 Å². The van der Waals surface area contributed by atoms with E-state index in [9.17, 15) is 31.8 Å². The van der Waals surface area contributed by atoms with Crippen molar-refractivity contribution < 1.29 is 49.7 Å². The summed E-state index contributed by atoms with van der Waals surface area (Å²) >= 11 is 0. The number of aryl methyl sites for hydroxylation is 1. The monoisotopic (exact) mass is 709 g/mol. The molecule has 3 aromatic carbocycles. The molecule has 10 nitrogen and oxygen atoms in total. The van der Waals surface area contributed by atoms with Crippen LogP contribution in [0.3, 0.4) is 0 Å². The van der Waals surface area contributed by atoms with E-state index >= 15 is 13.2 Å². The van der Waals surface area contributed by atoms with Gasteiger partial charge in [-0.3, -0.25) is 4.68 Å². The van der Waals surface area contributed by atoms with E-state index in [0.29, 0.717) is 5.56 Å². The number of rotatable bonds is 9. The van der Waals surface area contributed by atoms with Crippen molar-refractivity contribution in [3.63, 3.8) is 0 Å². The lowest BCUT2D eigenvalue weighted by molar-refractivity contribution is -0.274. The summed E-state index contributed by atoms with van der Waals surface area (Å²) in [5.41, 5.74) is -2.19. The highest BCUT2D eigenvalue weighted by atomic mass is 32.2. The van der Waals surface area contributed by atoms with Gasteiger partial charge in [-0.1, -0.05) is 17.3 Å². The number of aliphatic hydroxyl groups excluding tert-OH is 1. The van der Waals surface area contributed by atoms with Crippen LogP contribution in [0, 0.1) is 12.7 Å². The molecule has 0 atom stereocenters. The van der Waals surface area contributed by atoms with Crippen molar-refractivity contribution in [1.82, 2.24) is 24.8 Å². The number of hydrogen-bond acceptors (Lipinski definition) is 8. The number of halogens is 6. The normalized spacial score (nSPS) is 12.8. The third-order valence-corrected chi connectivity index (χ3v) is 8.97. The molecular weight excluding hydrogens is 680 g/mol. The van der Waals surface area contributed by atoms with Crippen LogP contribution in [0.4, 0.5) is 26.3 Å². The molecule has 0 saturated carbocycles. The molecule has 49 heavy (non-hydrogen) atoms. The molecule has 2 aromatic heterocycles. The van der Waals surface area contributed by atoms with Gasteiger partial charge < -0.3 is 14.9 Å². The van der Waals surface area contributed by atoms with E-state index in [1.807, 2.05) is 0 Å². The van der Waals surface area contributed by atoms with Crippen LogP contribution in [0.5, 0.6) is 5.75 Å². The molecule has 0 saturated heterocycles. The molecular formula is C32H29F6N5O5S. The van der Waals surface area contributed by atoms with Gasteiger partial charge in [0.15, 0.2) is 9.84 Å². The first-order valence-corrected chi connectivity index (χ1v) is 16.2. The summed E-state index contributed by atoms with van der Waals surface area (Å²) in [6, 6.07) is 11.4. The first-order chi connectivity index (χ1) is 22.6. The number of hydrogen-bond donors (Lipinski definition) is 2. The third-order valence-electron chi connectivity index (χ3n) is 7.81. The van der Waals surface area contributed by atoms with E-state index in [4.69, 9.17) is 0 Å². The number of nitrogens with zero attached hydrogens (tertiary/aromatic N) is 5. The second kappa shape index (κ2) is 12.3. The Balaban J connectivity index is 1.77. The minimum absolute atomic E-state index is 0.00310. The average Bonchev–Trinajstić information content (AvgIpc) is 3.59. The molecule has 0 aliphatic heterocycles. The van der Waals surface area contributed by atoms with Crippen LogP contribution in [0.25, 0.3) is 39.3 Å². The summed E-state index contributed by atoms with van der Waals surface area (Å²) in [5, 5.41) is 32.1. The maximum Gasteiger partial charge on any atom is 0.573 e. The number of sulfone groups is 1. The molecule has 0 spiro atoms. The summed E-state index contributed by atoms with van der Waals surface area (Å²) in [5.74, 6) is -5.27. The zero-order valence-corrected chi connectivity index (χ0v) is 27.3. The molecule has 2 heterocycles. The second-order valence-corrected chi connectivity index (χ2v) is 13.8. The Kier molecular flexibility index (Phi) is 8.93. The molecule has 2 N–H and O–H groups in total. The van der Waals surface area contributed by atoms with Gasteiger partial charge in [0, 0.05) is 35.6 Å². The summed E-state index contributed by atoms with van der Waals surface area (Å²) in [4.78, 5) is -0.445. The zero-order valence-electron chi connectivity index (χ0n) is 26.5. The van der Waals surface area contributed by atoms with Gasteiger partial charge in [-0.25, -0.2) is 17.5 Å². The number of aromatic nitrogens is 5. The van der Waals surface area contributed by atoms with Gasteiger partial charge >= 0.3 is 12.3 Å². The van der Waals surface area contributed by atoms with E-state index in [1.54, 1.807) is 0 Å². The van der Waals surface area contributed by atoms with E-state index in [2.05, 4.69) is 20.1 Å². The number of ether oxygens (including phenoxy) is 1. The SMILES string of the molecule is Cc1c(C(F)(F)C(C)(C)O)nn(C)c1-c1ccc(-c2cc(F)c(CO)c(S(C)(=O)=O)c2)cc1-n1nncc1-c1ccc(OC(F)(F)F)cc1. The van der Waals surface area contributed by atoms with Crippen molar-refractivity contribution in [3.05, 3.63) is 83.4 Å². The summed E-state index contributed by atoms with van der Waals surface area (Å²) in [7, 11) is -2.60. The van der Waals surface area contributed by atoms with Crippen LogP contribution in [-0.4, -0.2) is 61.6 Å². The van der Waals surface area contributed by atoms with Crippen LogP contribution in [0.15, 0.2) is 65.7 Å². The van der Waals surface area contributed by atoms with Crippen LogP contribution >= 0.6 is 0 Å². The van der Waals surface area contributed by atoms with E-state index in [1.165, 1.54) is 65.9 Å². The van der Waals surface area contributed by atoms with Crippen LogP contribution in [0.2, 0.25) is 0 Å². The lowest BCUT2D eigenvalue weighted by Crippen LogP contribution is -2.41. The fourth-order valence-corrected chi connectivity index (χ4v) is 6.33. The van der Waals surface area contributed by atoms with Crippen LogP contribution in [0.1, 0.15) is 30.7 Å². The Hall–Kier alpha value is -4.74. The predicted molar refractivity (Wildman–Crippen MR) is 165 cm³/mol. The van der Waals surface area contributed by atoms with Crippen molar-refractivity contribution >= 4 is 9.84 Å². The molecule has 0 aliphatic carbocycles. The maximum atomic E-state index is 15.4. The minimum Gasteiger partial charge on any atom is -0.406 e. The molecule has 0 fully saturated rings. The molecule has 0 unspecified atom stereocenters. The highest BCUT2D eigenvalue weighted by Gasteiger charge is 2.50. The zero-order chi connectivity index (χ0) is 36.3. The molecule has 0 radical (unpaired) electrons. The highest BCUT2D eigenvalue weighted by Crippen LogP contribution is 2.43. The fourth-order valence-electron chi connectivity index (χ4n) is 5.38. The molecule has 260 valence electrons. The fraction of sp³-hybridized carbons (Fsp3) is 0.281. The van der Waals surface area contributed by atoms with Gasteiger partial charge in [-0.15, -0.1) is 18.3 Å². The molecule has 0 bridgehead atoms. The predicted octanol–water partition coefficient (Wildman–Crippen LogP) is 6.11. The van der Waals surface area contributed by atoms with Gasteiger partial charge in [-0.05, 0) is 74.4 Å². The topological polar surface area (TPSA) is 132 Å². The van der Waals surface area contributed by atoms with Crippen molar-refractivity contribution in [2.45, 2.75) is 50.2 Å². The Morgan fingerprint density at radius 3 is 2.14 bits per heavy atom. The largest absolute Gasteiger partial charge is 0.573 e. The average molecular weight is 710 g/mol. The smallest absolute Gasteiger partial charge is 0.406 e. The van der Waals surface area contributed by atoms with Crippen molar-refractivity contribution in [3.8, 4) is 45.1 Å². The number of alkyl halides is 5. The van der Waals surface area contributed by atoms with E-state index in [0.717, 1.165) is 38.3 Å². The maximum absolute atomic E-state index is 15.4. The highest BCUT2D eigenvalue weighted by molar-refractivity contribution is 7.90. The Labute approximate surface area is 276 Å². The Morgan fingerprint density at radius 2 is 1.57 bits per heavy atom. The molecule has 17 heteroatoms. The van der Waals surface area contributed by atoms with Gasteiger partial charge in [0.1, 0.15) is 22.9 Å². The summed E-state index contributed by atoms with van der Waals surface area (Å²) in [6.07, 6.45) is -2.76. The standard InChI is InChI=1S/C32H29F6N5O5S/c1-17-28(42(4)40-29(17)31(34,35)30(2,3)45)22-11-8-19(20-12-24(33)23(16-44)27(14-20)49(5,46)47)13-25(22)43-26(15-39-41-43)18-6-9-21(10-7-18)48-32(36,37)38/h6-15,44-45H,16H2,1-5H3. The van der Waals surface area contributed by atoms with Gasteiger partial charge in [0.05, 0.1) is 34.8 Å². The lowest BCUT2D eigenvalue weighted by Gasteiger charge is -2.27. The Morgan fingerprint density at radius 1 is 0.939 bits per heavy atom. The lowest BCUT2D eigenvalue weighted by atomic mass is 9.93. The van der Waals surface area contributed by atoms with Gasteiger partial charge in [0.2, 0.25) is 0 Å². The second-order valence-electron chi connectivity index (χ2n) is 11.8. The molecule has 5 rings (SSSR count).